The molecular weight excluding hydrogens is 379 g/mol. The van der Waals surface area contributed by atoms with E-state index in [1.54, 1.807) is 6.07 Å². The Hall–Kier alpha value is -2.20. The van der Waals surface area contributed by atoms with Crippen LogP contribution in [-0.2, 0) is 10.0 Å². The van der Waals surface area contributed by atoms with Crippen LogP contribution >= 0.6 is 12.6 Å². The van der Waals surface area contributed by atoms with Gasteiger partial charge >= 0.3 is 6.36 Å². The van der Waals surface area contributed by atoms with E-state index in [-0.39, 0.29) is 27.7 Å². The molecule has 10 heteroatoms. The number of nitrogens with one attached hydrogen (secondary N) is 1. The van der Waals surface area contributed by atoms with Crippen molar-refractivity contribution in [3.63, 3.8) is 0 Å². The summed E-state index contributed by atoms with van der Waals surface area (Å²) in [5.74, 6) is -1.03. The number of Topliss-reactive ketones (excluding diaryl/α,β-unsaturated/α-hetero) is 1. The number of carbonyl (C=O) groups is 1. The number of anilines is 1. The first-order valence-electron chi connectivity index (χ1n) is 6.74. The highest BCUT2D eigenvalue weighted by atomic mass is 32.2. The van der Waals surface area contributed by atoms with Crippen molar-refractivity contribution in [1.82, 2.24) is 0 Å². The third-order valence-corrected chi connectivity index (χ3v) is 4.65. The first-order chi connectivity index (χ1) is 11.6. The number of para-hydroxylation sites is 1. The average Bonchev–Trinajstić information content (AvgIpc) is 2.53. The van der Waals surface area contributed by atoms with E-state index in [1.165, 1.54) is 18.2 Å². The smallest absolute Gasteiger partial charge is 0.406 e. The highest BCUT2D eigenvalue weighted by molar-refractivity contribution is 7.92. The van der Waals surface area contributed by atoms with Gasteiger partial charge in [-0.3, -0.25) is 9.52 Å². The van der Waals surface area contributed by atoms with E-state index in [0.717, 1.165) is 24.3 Å². The molecule has 0 spiro atoms. The summed E-state index contributed by atoms with van der Waals surface area (Å²) in [6.45, 7) is 0. The van der Waals surface area contributed by atoms with Crippen LogP contribution in [0.1, 0.15) is 10.4 Å². The Kier molecular flexibility index (Phi) is 5.63. The molecule has 2 aromatic carbocycles. The summed E-state index contributed by atoms with van der Waals surface area (Å²) in [5.41, 5.74) is 0.190. The molecule has 0 bridgehead atoms. The summed E-state index contributed by atoms with van der Waals surface area (Å²) in [4.78, 5) is 11.5. The van der Waals surface area contributed by atoms with E-state index in [9.17, 15) is 26.4 Å². The molecule has 5 nitrogen and oxygen atoms in total. The Labute approximate surface area is 147 Å². The number of thiol groups is 1. The number of hydrogen-bond acceptors (Lipinski definition) is 5. The van der Waals surface area contributed by atoms with Gasteiger partial charge in [-0.25, -0.2) is 8.42 Å². The van der Waals surface area contributed by atoms with Gasteiger partial charge in [-0.2, -0.15) is 12.6 Å². The van der Waals surface area contributed by atoms with Gasteiger partial charge < -0.3 is 4.74 Å². The lowest BCUT2D eigenvalue weighted by atomic mass is 10.1. The first kappa shape index (κ1) is 19.1. The molecule has 0 aliphatic carbocycles. The molecule has 1 N–H and O–H groups in total. The third kappa shape index (κ3) is 5.13. The molecule has 0 saturated carbocycles. The maximum Gasteiger partial charge on any atom is 0.573 e. The lowest BCUT2D eigenvalue weighted by Crippen LogP contribution is -2.18. The standard InChI is InChI=1S/C15H12F3NO4S2/c16-15(17,18)23-10-5-7-11(8-6-10)25(21,22)19-13-4-2-1-3-12(13)14(20)9-24/h1-8,19,24H,9H2. The third-order valence-electron chi connectivity index (χ3n) is 2.98. The average molecular weight is 391 g/mol. The highest BCUT2D eigenvalue weighted by Gasteiger charge is 2.31. The zero-order chi connectivity index (χ0) is 18.7. The van der Waals surface area contributed by atoms with Crippen LogP contribution in [0.2, 0.25) is 0 Å². The van der Waals surface area contributed by atoms with Crippen LogP contribution in [0.3, 0.4) is 0 Å². The van der Waals surface area contributed by atoms with E-state index in [4.69, 9.17) is 0 Å². The predicted octanol–water partition coefficient (Wildman–Crippen LogP) is 3.50. The van der Waals surface area contributed by atoms with E-state index in [1.807, 2.05) is 0 Å². The molecule has 0 fully saturated rings. The Bertz CT molecular complexity index is 865. The summed E-state index contributed by atoms with van der Waals surface area (Å²) >= 11 is 3.87. The molecule has 0 heterocycles. The summed E-state index contributed by atoms with van der Waals surface area (Å²) < 4.78 is 67.0. The maximum atomic E-state index is 12.4. The topological polar surface area (TPSA) is 72.5 Å². The minimum atomic E-state index is -4.87. The van der Waals surface area contributed by atoms with Crippen LogP contribution in [0.4, 0.5) is 18.9 Å². The number of ketones is 1. The van der Waals surface area contributed by atoms with Crippen molar-refractivity contribution in [3.05, 3.63) is 54.1 Å². The Morgan fingerprint density at radius 3 is 2.24 bits per heavy atom. The molecule has 2 aromatic rings. The fraction of sp³-hybridized carbons (Fsp3) is 0.133. The summed E-state index contributed by atoms with van der Waals surface area (Å²) in [6.07, 6.45) is -4.87. The summed E-state index contributed by atoms with van der Waals surface area (Å²) in [7, 11) is -4.10. The Morgan fingerprint density at radius 2 is 1.68 bits per heavy atom. The van der Waals surface area contributed by atoms with Crippen molar-refractivity contribution >= 4 is 34.1 Å². The van der Waals surface area contributed by atoms with E-state index in [0.29, 0.717) is 0 Å². The van der Waals surface area contributed by atoms with Crippen LogP contribution < -0.4 is 9.46 Å². The molecule has 0 aromatic heterocycles. The molecule has 134 valence electrons. The first-order valence-corrected chi connectivity index (χ1v) is 8.86. The zero-order valence-corrected chi connectivity index (χ0v) is 14.2. The van der Waals surface area contributed by atoms with Gasteiger partial charge in [0.1, 0.15) is 5.75 Å². The number of alkyl halides is 3. The molecule has 2 rings (SSSR count). The van der Waals surface area contributed by atoms with E-state index < -0.39 is 22.1 Å². The van der Waals surface area contributed by atoms with Gasteiger partial charge in [0, 0.05) is 5.56 Å². The van der Waals surface area contributed by atoms with Gasteiger partial charge in [0.05, 0.1) is 16.3 Å². The van der Waals surface area contributed by atoms with Gasteiger partial charge in [-0.15, -0.1) is 13.2 Å². The van der Waals surface area contributed by atoms with Gasteiger partial charge in [0.15, 0.2) is 5.78 Å². The minimum absolute atomic E-state index is 0.0529. The fourth-order valence-electron chi connectivity index (χ4n) is 1.92. The van der Waals surface area contributed by atoms with E-state index >= 15 is 0 Å². The van der Waals surface area contributed by atoms with Gasteiger partial charge in [-0.05, 0) is 36.4 Å². The molecule has 0 saturated heterocycles. The molecule has 0 radical (unpaired) electrons. The lowest BCUT2D eigenvalue weighted by molar-refractivity contribution is -0.274. The minimum Gasteiger partial charge on any atom is -0.406 e. The van der Waals surface area contributed by atoms with Gasteiger partial charge in [0.25, 0.3) is 10.0 Å². The molecule has 0 atom stereocenters. The van der Waals surface area contributed by atoms with Crippen LogP contribution in [-0.4, -0.2) is 26.3 Å². The number of hydrogen-bond donors (Lipinski definition) is 2. The van der Waals surface area contributed by atoms with Crippen LogP contribution in [0, 0.1) is 0 Å². The Balaban J connectivity index is 2.27. The van der Waals surface area contributed by atoms with Crippen molar-refractivity contribution in [1.29, 1.82) is 0 Å². The van der Waals surface area contributed by atoms with Crippen molar-refractivity contribution in [2.24, 2.45) is 0 Å². The SMILES string of the molecule is O=C(CS)c1ccccc1NS(=O)(=O)c1ccc(OC(F)(F)F)cc1. The summed E-state index contributed by atoms with van der Waals surface area (Å²) in [6, 6.07) is 9.63. The lowest BCUT2D eigenvalue weighted by Gasteiger charge is -2.12. The number of halogens is 3. The van der Waals surface area contributed by atoms with Crippen LogP contribution in [0.5, 0.6) is 5.75 Å². The monoisotopic (exact) mass is 391 g/mol. The number of benzene rings is 2. The number of carbonyl (C=O) groups excluding carboxylic acids is 1. The molecule has 0 amide bonds. The van der Waals surface area contributed by atoms with E-state index in [2.05, 4.69) is 22.1 Å². The molecule has 0 aliphatic heterocycles. The van der Waals surface area contributed by atoms with Crippen molar-refractivity contribution < 1.29 is 31.1 Å². The van der Waals surface area contributed by atoms with Crippen LogP contribution in [0.25, 0.3) is 0 Å². The number of rotatable bonds is 6. The molecule has 0 aliphatic rings. The maximum absolute atomic E-state index is 12.4. The molecular formula is C15H12F3NO4S2. The largest absolute Gasteiger partial charge is 0.573 e. The Morgan fingerprint density at radius 1 is 1.08 bits per heavy atom. The van der Waals surface area contributed by atoms with Crippen LogP contribution in [0.15, 0.2) is 53.4 Å². The second-order valence-corrected chi connectivity index (χ2v) is 6.75. The highest BCUT2D eigenvalue weighted by Crippen LogP contribution is 2.25. The van der Waals surface area contributed by atoms with Gasteiger partial charge in [0.2, 0.25) is 0 Å². The number of ether oxygens (including phenoxy) is 1. The molecule has 0 unspecified atom stereocenters. The van der Waals surface area contributed by atoms with Gasteiger partial charge in [-0.1, -0.05) is 12.1 Å². The summed E-state index contributed by atoms with van der Waals surface area (Å²) in [5, 5.41) is 0. The zero-order valence-electron chi connectivity index (χ0n) is 12.4. The second kappa shape index (κ2) is 7.36. The quantitative estimate of drug-likeness (QED) is 0.584. The van der Waals surface area contributed by atoms with Crippen molar-refractivity contribution in [2.45, 2.75) is 11.3 Å². The fourth-order valence-corrected chi connectivity index (χ4v) is 3.17. The second-order valence-electron chi connectivity index (χ2n) is 4.75. The normalized spacial score (nSPS) is 11.8. The molecule has 25 heavy (non-hydrogen) atoms. The number of sulfonamides is 1. The van der Waals surface area contributed by atoms with Crippen molar-refractivity contribution in [2.75, 3.05) is 10.5 Å². The van der Waals surface area contributed by atoms with Crippen molar-refractivity contribution in [3.8, 4) is 5.75 Å². The predicted molar refractivity (Wildman–Crippen MR) is 88.6 cm³/mol.